The number of nitrogen functional groups attached to an aromatic ring is 1. The number of nitrogens with one attached hydrogen (secondary N) is 1. The lowest BCUT2D eigenvalue weighted by atomic mass is 10.1. The van der Waals surface area contributed by atoms with Crippen LogP contribution in [0.3, 0.4) is 0 Å². The molecule has 2 aromatic rings. The lowest BCUT2D eigenvalue weighted by Gasteiger charge is -2.16. The third-order valence-electron chi connectivity index (χ3n) is 2.82. The predicted octanol–water partition coefficient (Wildman–Crippen LogP) is 3.32. The fraction of sp³-hybridized carbons (Fsp3) is 0.133. The van der Waals surface area contributed by atoms with Crippen LogP contribution >= 0.6 is 22.6 Å². The van der Waals surface area contributed by atoms with Crippen LogP contribution in [0.2, 0.25) is 0 Å². The smallest absolute Gasteiger partial charge is 0.255 e. The van der Waals surface area contributed by atoms with Crippen molar-refractivity contribution in [1.29, 1.82) is 0 Å². The second-order valence-electron chi connectivity index (χ2n) is 4.61. The molecule has 0 aliphatic rings. The summed E-state index contributed by atoms with van der Waals surface area (Å²) in [4.78, 5) is 13.7. The van der Waals surface area contributed by atoms with E-state index in [1.807, 2.05) is 24.3 Å². The Bertz CT molecular complexity index is 641. The fourth-order valence-electron chi connectivity index (χ4n) is 1.80. The summed E-state index contributed by atoms with van der Waals surface area (Å²) in [6.07, 6.45) is 0. The minimum atomic E-state index is -0.0570. The number of benzene rings is 2. The normalized spacial score (nSPS) is 10.2. The molecule has 5 heteroatoms. The highest BCUT2D eigenvalue weighted by molar-refractivity contribution is 14.1. The number of hydrogen-bond donors (Lipinski definition) is 2. The minimum Gasteiger partial charge on any atom is -0.399 e. The second kappa shape index (κ2) is 6.13. The SMILES string of the molecule is CN(C)C(=O)c1ccc(N)cc1Nc1ccccc1I. The van der Waals surface area contributed by atoms with Gasteiger partial charge < -0.3 is 16.0 Å². The molecule has 0 atom stereocenters. The van der Waals surface area contributed by atoms with Gasteiger partial charge >= 0.3 is 0 Å². The molecule has 0 unspecified atom stereocenters. The van der Waals surface area contributed by atoms with Crippen LogP contribution in [0.5, 0.6) is 0 Å². The zero-order chi connectivity index (χ0) is 14.7. The van der Waals surface area contributed by atoms with E-state index in [1.54, 1.807) is 37.2 Å². The molecule has 0 radical (unpaired) electrons. The molecule has 0 aliphatic carbocycles. The number of hydrogen-bond acceptors (Lipinski definition) is 3. The van der Waals surface area contributed by atoms with Crippen LogP contribution in [0, 0.1) is 3.57 Å². The van der Waals surface area contributed by atoms with E-state index >= 15 is 0 Å². The number of carbonyl (C=O) groups excluding carboxylic acids is 1. The molecule has 4 nitrogen and oxygen atoms in total. The van der Waals surface area contributed by atoms with E-state index in [9.17, 15) is 4.79 Å². The predicted molar refractivity (Wildman–Crippen MR) is 91.3 cm³/mol. The highest BCUT2D eigenvalue weighted by Crippen LogP contribution is 2.27. The Morgan fingerprint density at radius 2 is 1.85 bits per heavy atom. The first-order valence-electron chi connectivity index (χ1n) is 6.12. The molecule has 104 valence electrons. The summed E-state index contributed by atoms with van der Waals surface area (Å²) in [7, 11) is 3.46. The van der Waals surface area contributed by atoms with Gasteiger partial charge in [0, 0.05) is 23.4 Å². The molecular formula is C15H16IN3O. The van der Waals surface area contributed by atoms with Crippen molar-refractivity contribution in [2.45, 2.75) is 0 Å². The molecule has 2 rings (SSSR count). The molecule has 0 fully saturated rings. The Balaban J connectivity index is 2.43. The summed E-state index contributed by atoms with van der Waals surface area (Å²) in [5.41, 5.74) is 8.71. The molecular weight excluding hydrogens is 365 g/mol. The van der Waals surface area contributed by atoms with E-state index in [1.165, 1.54) is 0 Å². The van der Waals surface area contributed by atoms with E-state index < -0.39 is 0 Å². The Hall–Kier alpha value is -1.76. The summed E-state index contributed by atoms with van der Waals surface area (Å²) in [5, 5.41) is 3.28. The molecule has 3 N–H and O–H groups in total. The largest absolute Gasteiger partial charge is 0.399 e. The van der Waals surface area contributed by atoms with Crippen molar-refractivity contribution in [1.82, 2.24) is 4.90 Å². The van der Waals surface area contributed by atoms with Gasteiger partial charge in [0.05, 0.1) is 16.9 Å². The molecule has 2 aromatic carbocycles. The van der Waals surface area contributed by atoms with Gasteiger partial charge in [0.25, 0.3) is 5.91 Å². The average Bonchev–Trinajstić information content (AvgIpc) is 2.41. The first kappa shape index (κ1) is 14.6. The number of anilines is 3. The van der Waals surface area contributed by atoms with Crippen molar-refractivity contribution in [3.8, 4) is 0 Å². The van der Waals surface area contributed by atoms with E-state index in [4.69, 9.17) is 5.73 Å². The van der Waals surface area contributed by atoms with Crippen molar-refractivity contribution in [2.24, 2.45) is 0 Å². The van der Waals surface area contributed by atoms with Gasteiger partial charge in [-0.2, -0.15) is 0 Å². The monoisotopic (exact) mass is 381 g/mol. The molecule has 1 amide bonds. The van der Waals surface area contributed by atoms with Gasteiger partial charge in [-0.3, -0.25) is 4.79 Å². The average molecular weight is 381 g/mol. The topological polar surface area (TPSA) is 58.4 Å². The number of amides is 1. The highest BCUT2D eigenvalue weighted by Gasteiger charge is 2.14. The van der Waals surface area contributed by atoms with Crippen molar-refractivity contribution in [2.75, 3.05) is 25.1 Å². The van der Waals surface area contributed by atoms with E-state index in [0.717, 1.165) is 9.26 Å². The van der Waals surface area contributed by atoms with Gasteiger partial charge in [-0.25, -0.2) is 0 Å². The van der Waals surface area contributed by atoms with Crippen LogP contribution in [0.15, 0.2) is 42.5 Å². The van der Waals surface area contributed by atoms with Gasteiger partial charge in [-0.15, -0.1) is 0 Å². The second-order valence-corrected chi connectivity index (χ2v) is 5.77. The molecule has 0 saturated carbocycles. The third kappa shape index (κ3) is 3.22. The number of halogens is 1. The minimum absolute atomic E-state index is 0.0570. The number of nitrogens with zero attached hydrogens (tertiary/aromatic N) is 1. The molecule has 0 saturated heterocycles. The fourth-order valence-corrected chi connectivity index (χ4v) is 2.32. The van der Waals surface area contributed by atoms with Gasteiger partial charge in [-0.1, -0.05) is 12.1 Å². The summed E-state index contributed by atoms with van der Waals surface area (Å²) >= 11 is 2.25. The van der Waals surface area contributed by atoms with E-state index in [0.29, 0.717) is 16.9 Å². The highest BCUT2D eigenvalue weighted by atomic mass is 127. The summed E-state index contributed by atoms with van der Waals surface area (Å²) < 4.78 is 1.08. The van der Waals surface area contributed by atoms with Crippen LogP contribution in [-0.4, -0.2) is 24.9 Å². The molecule has 0 aliphatic heterocycles. The Morgan fingerprint density at radius 1 is 1.15 bits per heavy atom. The molecule has 0 heterocycles. The van der Waals surface area contributed by atoms with Gasteiger partial charge in [0.1, 0.15) is 0 Å². The molecule has 0 aromatic heterocycles. The van der Waals surface area contributed by atoms with Crippen LogP contribution in [0.25, 0.3) is 0 Å². The maximum atomic E-state index is 12.2. The zero-order valence-electron chi connectivity index (χ0n) is 11.4. The number of nitrogens with two attached hydrogens (primary N) is 1. The molecule has 0 bridgehead atoms. The van der Waals surface area contributed by atoms with Gasteiger partial charge in [0.2, 0.25) is 0 Å². The van der Waals surface area contributed by atoms with Crippen molar-refractivity contribution < 1.29 is 4.79 Å². The lowest BCUT2D eigenvalue weighted by molar-refractivity contribution is 0.0828. The maximum Gasteiger partial charge on any atom is 0.255 e. The number of carbonyl (C=O) groups is 1. The van der Waals surface area contributed by atoms with Crippen LogP contribution < -0.4 is 11.1 Å². The quantitative estimate of drug-likeness (QED) is 0.634. The van der Waals surface area contributed by atoms with Crippen molar-refractivity contribution in [3.05, 3.63) is 51.6 Å². The van der Waals surface area contributed by atoms with E-state index in [2.05, 4.69) is 27.9 Å². The van der Waals surface area contributed by atoms with Crippen LogP contribution in [-0.2, 0) is 0 Å². The Morgan fingerprint density at radius 3 is 2.50 bits per heavy atom. The lowest BCUT2D eigenvalue weighted by Crippen LogP contribution is -2.22. The summed E-state index contributed by atoms with van der Waals surface area (Å²) in [6.45, 7) is 0. The Kier molecular flexibility index (Phi) is 4.49. The standard InChI is InChI=1S/C15H16IN3O/c1-19(2)15(20)11-8-7-10(17)9-14(11)18-13-6-4-3-5-12(13)16/h3-9,18H,17H2,1-2H3. The first-order valence-corrected chi connectivity index (χ1v) is 7.19. The van der Waals surface area contributed by atoms with Crippen LogP contribution in [0.1, 0.15) is 10.4 Å². The number of rotatable bonds is 3. The van der Waals surface area contributed by atoms with Gasteiger partial charge in [-0.05, 0) is 52.9 Å². The van der Waals surface area contributed by atoms with Crippen molar-refractivity contribution >= 4 is 45.6 Å². The number of para-hydroxylation sites is 1. The third-order valence-corrected chi connectivity index (χ3v) is 3.76. The van der Waals surface area contributed by atoms with Gasteiger partial charge in [0.15, 0.2) is 0 Å². The molecule has 0 spiro atoms. The van der Waals surface area contributed by atoms with Crippen LogP contribution in [0.4, 0.5) is 17.1 Å². The zero-order valence-corrected chi connectivity index (χ0v) is 13.5. The first-order chi connectivity index (χ1) is 9.49. The van der Waals surface area contributed by atoms with Crippen molar-refractivity contribution in [3.63, 3.8) is 0 Å². The summed E-state index contributed by atoms with van der Waals surface area (Å²) in [6, 6.07) is 13.1. The molecule has 20 heavy (non-hydrogen) atoms. The maximum absolute atomic E-state index is 12.2. The summed E-state index contributed by atoms with van der Waals surface area (Å²) in [5.74, 6) is -0.0570. The Labute approximate surface area is 132 Å². The van der Waals surface area contributed by atoms with E-state index in [-0.39, 0.29) is 5.91 Å².